The smallest absolute Gasteiger partial charge is 0.407 e. The number of hydrogen-bond donors (Lipinski definition) is 3. The molecule has 3 N–H and O–H groups in total. The van der Waals surface area contributed by atoms with Crippen LogP contribution in [-0.4, -0.2) is 65.9 Å². The third-order valence-electron chi connectivity index (χ3n) is 1.75. The van der Waals surface area contributed by atoms with E-state index in [0.29, 0.717) is 0 Å². The molecule has 112 valence electrons. The first-order valence-electron chi connectivity index (χ1n) is 5.49. The minimum absolute atomic E-state index is 0.0112. The minimum atomic E-state index is -0.985. The fourth-order valence-corrected chi connectivity index (χ4v) is 0.985. The summed E-state index contributed by atoms with van der Waals surface area (Å²) in [4.78, 5) is 31.9. The van der Waals surface area contributed by atoms with Crippen LogP contribution in [0.4, 0.5) is 4.79 Å². The Labute approximate surface area is 112 Å². The second-order valence-corrected chi connectivity index (χ2v) is 4.81. The highest BCUT2D eigenvalue weighted by molar-refractivity contribution is 5.75. The average molecular weight is 278 g/mol. The Morgan fingerprint density at radius 1 is 1.37 bits per heavy atom. The Morgan fingerprint density at radius 3 is 2.05 bits per heavy atom. The van der Waals surface area contributed by atoms with E-state index >= 15 is 0 Å². The van der Waals surface area contributed by atoms with Gasteiger partial charge in [-0.2, -0.15) is 0 Å². The maximum absolute atomic E-state index is 11.3. The van der Waals surface area contributed by atoms with Crippen LogP contribution in [0.5, 0.6) is 0 Å². The second-order valence-electron chi connectivity index (χ2n) is 4.81. The first-order valence-corrected chi connectivity index (χ1v) is 5.49. The van der Waals surface area contributed by atoms with Crippen molar-refractivity contribution >= 4 is 18.5 Å². The quantitative estimate of drug-likeness (QED) is 0.630. The van der Waals surface area contributed by atoms with E-state index in [1.165, 1.54) is 4.90 Å². The van der Waals surface area contributed by atoms with Gasteiger partial charge in [0, 0.05) is 6.54 Å². The Hall–Kier alpha value is -1.83. The molecule has 0 saturated heterocycles. The number of alkyl carbamates (subject to hydrolysis) is 1. The van der Waals surface area contributed by atoms with Crippen molar-refractivity contribution in [3.8, 4) is 0 Å². The molecule has 1 amide bonds. The highest BCUT2D eigenvalue weighted by atomic mass is 16.6. The van der Waals surface area contributed by atoms with Crippen LogP contribution in [0.1, 0.15) is 20.8 Å². The molecule has 0 aromatic carbocycles. The lowest BCUT2D eigenvalue weighted by molar-refractivity contribution is -0.142. The Bertz CT molecular complexity index is 298. The highest BCUT2D eigenvalue weighted by Gasteiger charge is 2.22. The summed E-state index contributed by atoms with van der Waals surface area (Å²) in [6, 6.07) is -0.757. The van der Waals surface area contributed by atoms with E-state index in [1.54, 1.807) is 34.9 Å². The Morgan fingerprint density at radius 2 is 1.79 bits per heavy atom. The lowest BCUT2D eigenvalue weighted by atomic mass is 10.2. The monoisotopic (exact) mass is 278 g/mol. The van der Waals surface area contributed by atoms with Gasteiger partial charge >= 0.3 is 12.1 Å². The largest absolute Gasteiger partial charge is 0.483 e. The van der Waals surface area contributed by atoms with E-state index < -0.39 is 23.7 Å². The maximum atomic E-state index is 11.3. The molecular weight excluding hydrogens is 256 g/mol. The topological polar surface area (TPSA) is 116 Å². The van der Waals surface area contributed by atoms with Gasteiger partial charge in [-0.3, -0.25) is 14.5 Å². The molecule has 1 atom stereocenters. The molecular formula is C11H22N2O6. The van der Waals surface area contributed by atoms with Gasteiger partial charge in [-0.25, -0.2) is 4.79 Å². The number of ether oxygens (including phenoxy) is 1. The summed E-state index contributed by atoms with van der Waals surface area (Å²) in [5.74, 6) is -0.985. The number of rotatable bonds is 4. The number of nitrogens with one attached hydrogen (secondary N) is 1. The average Bonchev–Trinajstić information content (AvgIpc) is 2.14. The van der Waals surface area contributed by atoms with E-state index in [2.05, 4.69) is 5.32 Å². The summed E-state index contributed by atoms with van der Waals surface area (Å²) in [6.45, 7) is 4.99. The van der Waals surface area contributed by atoms with Crippen LogP contribution in [0.15, 0.2) is 0 Å². The summed E-state index contributed by atoms with van der Waals surface area (Å²) in [7, 11) is 3.27. The molecule has 8 heteroatoms. The zero-order chi connectivity index (χ0) is 15.6. The van der Waals surface area contributed by atoms with Crippen LogP contribution in [0.25, 0.3) is 0 Å². The molecule has 0 aliphatic carbocycles. The van der Waals surface area contributed by atoms with E-state index in [4.69, 9.17) is 19.7 Å². The van der Waals surface area contributed by atoms with Crippen LogP contribution < -0.4 is 5.32 Å². The number of carbonyl (C=O) groups is 3. The van der Waals surface area contributed by atoms with Crippen molar-refractivity contribution in [2.45, 2.75) is 32.4 Å². The van der Waals surface area contributed by atoms with Gasteiger partial charge in [-0.05, 0) is 34.9 Å². The second kappa shape index (κ2) is 9.15. The molecule has 0 saturated carbocycles. The standard InChI is InChI=1S/C10H20N2O4.CH2O2/c1-10(2,3)16-9(15)11-6-7(8(13)14)12(4)5;2-1-3/h7H,6H2,1-5H3,(H,11,15)(H,13,14);1H,(H,2,3). The van der Waals surface area contributed by atoms with Crippen LogP contribution in [-0.2, 0) is 14.3 Å². The third kappa shape index (κ3) is 12.4. The molecule has 1 unspecified atom stereocenters. The summed E-state index contributed by atoms with van der Waals surface area (Å²) >= 11 is 0. The molecule has 0 rings (SSSR count). The predicted molar refractivity (Wildman–Crippen MR) is 68.0 cm³/mol. The van der Waals surface area contributed by atoms with Crippen molar-refractivity contribution in [2.24, 2.45) is 0 Å². The zero-order valence-corrected chi connectivity index (χ0v) is 11.8. The molecule has 0 spiro atoms. The van der Waals surface area contributed by atoms with Crippen LogP contribution in [0.3, 0.4) is 0 Å². The number of aliphatic carboxylic acids is 1. The van der Waals surface area contributed by atoms with Gasteiger partial charge in [0.25, 0.3) is 6.47 Å². The van der Waals surface area contributed by atoms with E-state index in [-0.39, 0.29) is 13.0 Å². The Balaban J connectivity index is 0. The van der Waals surface area contributed by atoms with Crippen molar-refractivity contribution in [2.75, 3.05) is 20.6 Å². The van der Waals surface area contributed by atoms with Gasteiger partial charge < -0.3 is 20.3 Å². The number of carboxylic acid groups (broad SMARTS) is 2. The minimum Gasteiger partial charge on any atom is -0.483 e. The summed E-state index contributed by atoms with van der Waals surface area (Å²) < 4.78 is 4.99. The molecule has 8 nitrogen and oxygen atoms in total. The predicted octanol–water partition coefficient (Wildman–Crippen LogP) is 0.227. The normalized spacial score (nSPS) is 11.9. The van der Waals surface area contributed by atoms with E-state index in [1.807, 2.05) is 0 Å². The van der Waals surface area contributed by atoms with Crippen molar-refractivity contribution in [3.63, 3.8) is 0 Å². The van der Waals surface area contributed by atoms with Crippen molar-refractivity contribution in [1.29, 1.82) is 0 Å². The molecule has 0 radical (unpaired) electrons. The summed E-state index contributed by atoms with van der Waals surface area (Å²) in [5.41, 5.74) is -0.582. The fourth-order valence-electron chi connectivity index (χ4n) is 0.985. The molecule has 0 heterocycles. The van der Waals surface area contributed by atoms with Crippen molar-refractivity contribution in [1.82, 2.24) is 10.2 Å². The van der Waals surface area contributed by atoms with Gasteiger partial charge in [0.05, 0.1) is 0 Å². The van der Waals surface area contributed by atoms with Crippen LogP contribution in [0, 0.1) is 0 Å². The molecule has 0 aromatic heterocycles. The van der Waals surface area contributed by atoms with Gasteiger partial charge in [0.2, 0.25) is 0 Å². The lowest BCUT2D eigenvalue weighted by Gasteiger charge is -2.23. The molecule has 0 bridgehead atoms. The van der Waals surface area contributed by atoms with Gasteiger partial charge in [-0.1, -0.05) is 0 Å². The van der Waals surface area contributed by atoms with E-state index in [9.17, 15) is 9.59 Å². The molecule has 19 heavy (non-hydrogen) atoms. The zero-order valence-electron chi connectivity index (χ0n) is 11.8. The van der Waals surface area contributed by atoms with E-state index in [0.717, 1.165) is 0 Å². The number of likely N-dealkylation sites (N-methyl/N-ethyl adjacent to an activating group) is 1. The van der Waals surface area contributed by atoms with Crippen molar-refractivity contribution in [3.05, 3.63) is 0 Å². The maximum Gasteiger partial charge on any atom is 0.407 e. The number of hydrogen-bond acceptors (Lipinski definition) is 5. The number of carbonyl (C=O) groups excluding carboxylic acids is 1. The number of carboxylic acids is 1. The molecule has 0 aliphatic heterocycles. The van der Waals surface area contributed by atoms with Gasteiger partial charge in [0.15, 0.2) is 0 Å². The first kappa shape index (κ1) is 19.5. The summed E-state index contributed by atoms with van der Waals surface area (Å²) in [6.07, 6.45) is -0.611. The highest BCUT2D eigenvalue weighted by Crippen LogP contribution is 2.06. The SMILES string of the molecule is CN(C)C(CNC(=O)OC(C)(C)C)C(=O)O.O=CO. The molecule has 0 fully saturated rings. The Kier molecular flexibility index (Phi) is 9.39. The molecule has 0 aliphatic rings. The van der Waals surface area contributed by atoms with Crippen LogP contribution >= 0.6 is 0 Å². The van der Waals surface area contributed by atoms with Gasteiger partial charge in [0.1, 0.15) is 11.6 Å². The first-order chi connectivity index (χ1) is 8.55. The number of nitrogens with zero attached hydrogens (tertiary/aromatic N) is 1. The molecule has 0 aromatic rings. The summed E-state index contributed by atoms with van der Waals surface area (Å²) in [5, 5.41) is 18.2. The van der Waals surface area contributed by atoms with Crippen LogP contribution in [0.2, 0.25) is 0 Å². The van der Waals surface area contributed by atoms with Gasteiger partial charge in [-0.15, -0.1) is 0 Å². The van der Waals surface area contributed by atoms with Crippen molar-refractivity contribution < 1.29 is 29.3 Å². The number of amides is 1. The lowest BCUT2D eigenvalue weighted by Crippen LogP contribution is -2.46. The third-order valence-corrected chi connectivity index (χ3v) is 1.75. The fraction of sp³-hybridized carbons (Fsp3) is 0.727.